The van der Waals surface area contributed by atoms with Crippen LogP contribution in [-0.4, -0.2) is 14.8 Å². The summed E-state index contributed by atoms with van der Waals surface area (Å²) in [5.74, 6) is -0.894. The van der Waals surface area contributed by atoms with E-state index in [2.05, 4.69) is 10.1 Å². The Hall–Kier alpha value is -2.05. The molecule has 2 rings (SSSR count). The average molecular weight is 256 g/mol. The molecule has 1 heterocycles. The van der Waals surface area contributed by atoms with Gasteiger partial charge in [-0.15, -0.1) is 5.10 Å². The molecule has 0 aliphatic carbocycles. The van der Waals surface area contributed by atoms with Crippen molar-refractivity contribution in [1.29, 1.82) is 0 Å². The third kappa shape index (κ3) is 2.61. The maximum atomic E-state index is 12.4. The number of alkyl halides is 3. The molecule has 18 heavy (non-hydrogen) atoms. The van der Waals surface area contributed by atoms with Crippen LogP contribution in [0, 0.1) is 6.92 Å². The zero-order valence-electron chi connectivity index (χ0n) is 9.57. The molecule has 0 unspecified atom stereocenters. The SMILES string of the molecule is Cc1nc(C(F)(F)F)nn1Cc1ccc(N)cc1. The summed E-state index contributed by atoms with van der Waals surface area (Å²) in [5, 5.41) is 3.45. The molecule has 96 valence electrons. The van der Waals surface area contributed by atoms with Crippen molar-refractivity contribution in [3.05, 3.63) is 41.5 Å². The lowest BCUT2D eigenvalue weighted by molar-refractivity contribution is -0.145. The number of halogens is 3. The van der Waals surface area contributed by atoms with Gasteiger partial charge in [0.1, 0.15) is 5.82 Å². The first-order valence-electron chi connectivity index (χ1n) is 5.19. The van der Waals surface area contributed by atoms with Crippen LogP contribution in [0.2, 0.25) is 0 Å². The van der Waals surface area contributed by atoms with Crippen LogP contribution >= 0.6 is 0 Å². The molecule has 0 amide bonds. The van der Waals surface area contributed by atoms with Crippen LogP contribution in [-0.2, 0) is 12.7 Å². The van der Waals surface area contributed by atoms with E-state index >= 15 is 0 Å². The lowest BCUT2D eigenvalue weighted by Gasteiger charge is -2.03. The molecule has 0 saturated carbocycles. The van der Waals surface area contributed by atoms with E-state index in [9.17, 15) is 13.2 Å². The van der Waals surface area contributed by atoms with Crippen molar-refractivity contribution in [1.82, 2.24) is 14.8 Å². The van der Waals surface area contributed by atoms with Crippen molar-refractivity contribution in [2.75, 3.05) is 5.73 Å². The quantitative estimate of drug-likeness (QED) is 0.838. The van der Waals surface area contributed by atoms with Crippen LogP contribution in [0.1, 0.15) is 17.2 Å². The smallest absolute Gasteiger partial charge is 0.399 e. The fourth-order valence-electron chi connectivity index (χ4n) is 1.49. The Morgan fingerprint density at radius 2 is 1.83 bits per heavy atom. The normalized spacial score (nSPS) is 11.8. The van der Waals surface area contributed by atoms with E-state index in [4.69, 9.17) is 5.73 Å². The number of rotatable bonds is 2. The highest BCUT2D eigenvalue weighted by Gasteiger charge is 2.36. The number of aryl methyl sites for hydroxylation is 1. The third-order valence-electron chi connectivity index (χ3n) is 2.42. The summed E-state index contributed by atoms with van der Waals surface area (Å²) in [6.45, 7) is 1.72. The van der Waals surface area contributed by atoms with Gasteiger partial charge in [0, 0.05) is 5.69 Å². The summed E-state index contributed by atoms with van der Waals surface area (Å²) in [7, 11) is 0. The van der Waals surface area contributed by atoms with E-state index in [0.717, 1.165) is 5.56 Å². The summed E-state index contributed by atoms with van der Waals surface area (Å²) in [5.41, 5.74) is 6.94. The van der Waals surface area contributed by atoms with Gasteiger partial charge >= 0.3 is 6.18 Å². The van der Waals surface area contributed by atoms with Crippen molar-refractivity contribution < 1.29 is 13.2 Å². The van der Waals surface area contributed by atoms with E-state index in [-0.39, 0.29) is 12.4 Å². The lowest BCUT2D eigenvalue weighted by Crippen LogP contribution is -2.09. The molecule has 7 heteroatoms. The Morgan fingerprint density at radius 3 is 2.33 bits per heavy atom. The molecule has 2 N–H and O–H groups in total. The Bertz CT molecular complexity index is 542. The van der Waals surface area contributed by atoms with Gasteiger partial charge in [0.2, 0.25) is 0 Å². The van der Waals surface area contributed by atoms with Gasteiger partial charge in [-0.25, -0.2) is 9.67 Å². The molecule has 0 spiro atoms. The van der Waals surface area contributed by atoms with Gasteiger partial charge in [0.15, 0.2) is 0 Å². The highest BCUT2D eigenvalue weighted by Crippen LogP contribution is 2.26. The summed E-state index contributed by atoms with van der Waals surface area (Å²) in [6, 6.07) is 6.85. The molecule has 0 aliphatic heterocycles. The second kappa shape index (κ2) is 4.32. The van der Waals surface area contributed by atoms with Crippen LogP contribution in [0.15, 0.2) is 24.3 Å². The molecule has 0 atom stereocenters. The van der Waals surface area contributed by atoms with Gasteiger partial charge in [0.25, 0.3) is 5.82 Å². The summed E-state index contributed by atoms with van der Waals surface area (Å²) in [6.07, 6.45) is -4.52. The molecule has 4 nitrogen and oxygen atoms in total. The lowest BCUT2D eigenvalue weighted by atomic mass is 10.2. The van der Waals surface area contributed by atoms with Crippen LogP contribution in [0.5, 0.6) is 0 Å². The first-order chi connectivity index (χ1) is 8.36. The molecule has 1 aromatic carbocycles. The fourth-order valence-corrected chi connectivity index (χ4v) is 1.49. The number of benzene rings is 1. The van der Waals surface area contributed by atoms with Gasteiger partial charge in [-0.2, -0.15) is 13.2 Å². The number of hydrogen-bond acceptors (Lipinski definition) is 3. The van der Waals surface area contributed by atoms with E-state index in [0.29, 0.717) is 5.69 Å². The molecular weight excluding hydrogens is 245 g/mol. The average Bonchev–Trinajstić information content (AvgIpc) is 2.63. The molecule has 1 aromatic heterocycles. The number of nitrogen functional groups attached to an aromatic ring is 1. The van der Waals surface area contributed by atoms with Crippen LogP contribution in [0.25, 0.3) is 0 Å². The number of aromatic nitrogens is 3. The van der Waals surface area contributed by atoms with Crippen molar-refractivity contribution in [3.63, 3.8) is 0 Å². The summed E-state index contributed by atoms with van der Waals surface area (Å²) in [4.78, 5) is 3.40. The monoisotopic (exact) mass is 256 g/mol. The zero-order valence-corrected chi connectivity index (χ0v) is 9.57. The Morgan fingerprint density at radius 1 is 1.22 bits per heavy atom. The van der Waals surface area contributed by atoms with Crippen molar-refractivity contribution >= 4 is 5.69 Å². The first-order valence-corrected chi connectivity index (χ1v) is 5.19. The van der Waals surface area contributed by atoms with Crippen molar-refractivity contribution in [3.8, 4) is 0 Å². The predicted octanol–water partition coefficient (Wildman–Crippen LogP) is 2.24. The van der Waals surface area contributed by atoms with Gasteiger partial charge < -0.3 is 5.73 Å². The van der Waals surface area contributed by atoms with E-state index < -0.39 is 12.0 Å². The van der Waals surface area contributed by atoms with Gasteiger partial charge in [0.05, 0.1) is 6.54 Å². The molecular formula is C11H11F3N4. The minimum absolute atomic E-state index is 0.221. The molecule has 0 bridgehead atoms. The highest BCUT2D eigenvalue weighted by molar-refractivity contribution is 5.39. The molecule has 0 saturated heterocycles. The van der Waals surface area contributed by atoms with E-state index in [1.807, 2.05) is 0 Å². The largest absolute Gasteiger partial charge is 0.453 e. The van der Waals surface area contributed by atoms with Gasteiger partial charge in [-0.1, -0.05) is 12.1 Å². The van der Waals surface area contributed by atoms with Gasteiger partial charge in [-0.05, 0) is 24.6 Å². The van der Waals surface area contributed by atoms with Crippen LogP contribution < -0.4 is 5.73 Å². The Labute approximate surface area is 101 Å². The maximum absolute atomic E-state index is 12.4. The molecule has 0 aliphatic rings. The van der Waals surface area contributed by atoms with E-state index in [1.54, 1.807) is 24.3 Å². The Balaban J connectivity index is 2.24. The molecule has 2 aromatic rings. The minimum Gasteiger partial charge on any atom is -0.399 e. The number of anilines is 1. The van der Waals surface area contributed by atoms with Crippen LogP contribution in [0.3, 0.4) is 0 Å². The van der Waals surface area contributed by atoms with Crippen molar-refractivity contribution in [2.24, 2.45) is 0 Å². The first kappa shape index (κ1) is 12.4. The third-order valence-corrected chi connectivity index (χ3v) is 2.42. The summed E-state index contributed by atoms with van der Waals surface area (Å²) < 4.78 is 38.5. The Kier molecular flexibility index (Phi) is 2.98. The fraction of sp³-hybridized carbons (Fsp3) is 0.273. The molecule has 0 fully saturated rings. The second-order valence-electron chi connectivity index (χ2n) is 3.88. The van der Waals surface area contributed by atoms with E-state index in [1.165, 1.54) is 11.6 Å². The maximum Gasteiger partial charge on any atom is 0.453 e. The minimum atomic E-state index is -4.52. The highest BCUT2D eigenvalue weighted by atomic mass is 19.4. The number of nitrogens with two attached hydrogens (primary N) is 1. The topological polar surface area (TPSA) is 56.7 Å². The van der Waals surface area contributed by atoms with Crippen LogP contribution in [0.4, 0.5) is 18.9 Å². The number of hydrogen-bond donors (Lipinski definition) is 1. The number of nitrogens with zero attached hydrogens (tertiary/aromatic N) is 3. The standard InChI is InChI=1S/C11H11F3N4/c1-7-16-10(11(12,13)14)17-18(7)6-8-2-4-9(15)5-3-8/h2-5H,6,15H2,1H3. The summed E-state index contributed by atoms with van der Waals surface area (Å²) >= 11 is 0. The predicted molar refractivity (Wildman–Crippen MR) is 59.7 cm³/mol. The zero-order chi connectivity index (χ0) is 13.3. The molecule has 0 radical (unpaired) electrons. The second-order valence-corrected chi connectivity index (χ2v) is 3.88. The van der Waals surface area contributed by atoms with Crippen molar-refractivity contribution in [2.45, 2.75) is 19.6 Å². The van der Waals surface area contributed by atoms with Gasteiger partial charge in [-0.3, -0.25) is 0 Å².